The predicted molar refractivity (Wildman–Crippen MR) is 116 cm³/mol. The zero-order valence-electron chi connectivity index (χ0n) is 15.0. The lowest BCUT2D eigenvalue weighted by Gasteiger charge is -2.08. The first kappa shape index (κ1) is 16.9. The first-order valence-corrected chi connectivity index (χ1v) is 8.99. The zero-order valence-corrected chi connectivity index (χ0v) is 15.0. The van der Waals surface area contributed by atoms with Gasteiger partial charge in [-0.15, -0.1) is 0 Å². The van der Waals surface area contributed by atoms with Crippen molar-refractivity contribution < 1.29 is 0 Å². The molecule has 4 aromatic rings. The lowest BCUT2D eigenvalue weighted by Crippen LogP contribution is -1.97. The van der Waals surface area contributed by atoms with Crippen LogP contribution in [0.25, 0.3) is 21.9 Å². The van der Waals surface area contributed by atoms with E-state index in [2.05, 4.69) is 83.4 Å². The average molecular weight is 348 g/mol. The molecule has 0 aliphatic heterocycles. The van der Waals surface area contributed by atoms with Crippen LogP contribution in [0, 0.1) is 0 Å². The molecule has 2 heteroatoms. The highest BCUT2D eigenvalue weighted by molar-refractivity contribution is 6.01. The normalized spacial score (nSPS) is 11.5. The van der Waals surface area contributed by atoms with E-state index in [4.69, 9.17) is 0 Å². The summed E-state index contributed by atoms with van der Waals surface area (Å²) in [5.41, 5.74) is 4.60. The van der Waals surface area contributed by atoms with Crippen LogP contribution in [-0.4, -0.2) is 12.6 Å². The van der Waals surface area contributed by atoms with E-state index >= 15 is 0 Å². The van der Waals surface area contributed by atoms with Gasteiger partial charge >= 0.3 is 0 Å². The Hall–Kier alpha value is -3.52. The number of benzene rings is 4. The molecule has 0 saturated carbocycles. The Morgan fingerprint density at radius 2 is 1.41 bits per heavy atom. The molecule has 4 aromatic carbocycles. The fourth-order valence-electron chi connectivity index (χ4n) is 3.25. The Morgan fingerprint density at radius 3 is 2.19 bits per heavy atom. The highest BCUT2D eigenvalue weighted by Gasteiger charge is 2.04. The third-order valence-electron chi connectivity index (χ3n) is 4.65. The highest BCUT2D eigenvalue weighted by atomic mass is 14.9. The van der Waals surface area contributed by atoms with Gasteiger partial charge < -0.3 is 0 Å². The zero-order chi connectivity index (χ0) is 18.5. The largest absolute Gasteiger partial charge is 0.261 e. The van der Waals surface area contributed by atoms with Gasteiger partial charge in [-0.2, -0.15) is 0 Å². The Labute approximate surface area is 159 Å². The molecular formula is C25H20N2. The Balaban J connectivity index is 1.59. The number of fused-ring (bicyclic) bond motifs is 1. The van der Waals surface area contributed by atoms with Crippen LogP contribution in [0.3, 0.4) is 0 Å². The fraction of sp³-hybridized carbons (Fsp3) is 0.0400. The van der Waals surface area contributed by atoms with Crippen LogP contribution in [0.15, 0.2) is 107 Å². The molecule has 2 nitrogen and oxygen atoms in total. The lowest BCUT2D eigenvalue weighted by atomic mass is 9.97. The molecule has 0 heterocycles. The quantitative estimate of drug-likeness (QED) is 0.312. The van der Waals surface area contributed by atoms with E-state index in [0.717, 1.165) is 11.1 Å². The summed E-state index contributed by atoms with van der Waals surface area (Å²) in [6, 6.07) is 33.4. The van der Waals surface area contributed by atoms with E-state index in [1.807, 2.05) is 30.3 Å². The molecule has 27 heavy (non-hydrogen) atoms. The van der Waals surface area contributed by atoms with Crippen molar-refractivity contribution >= 4 is 23.3 Å². The molecule has 0 aliphatic carbocycles. The molecule has 0 fully saturated rings. The van der Waals surface area contributed by atoms with Gasteiger partial charge in [0.2, 0.25) is 0 Å². The Morgan fingerprint density at radius 1 is 0.704 bits per heavy atom. The van der Waals surface area contributed by atoms with Crippen LogP contribution in [0.5, 0.6) is 0 Å². The van der Waals surface area contributed by atoms with Gasteiger partial charge in [-0.1, -0.05) is 97.1 Å². The van der Waals surface area contributed by atoms with E-state index in [1.165, 1.54) is 21.9 Å². The maximum absolute atomic E-state index is 4.62. The second kappa shape index (κ2) is 7.79. The van der Waals surface area contributed by atoms with Crippen molar-refractivity contribution in [3.8, 4) is 11.1 Å². The molecule has 0 atom stereocenters. The second-order valence-electron chi connectivity index (χ2n) is 6.39. The van der Waals surface area contributed by atoms with E-state index < -0.39 is 0 Å². The lowest BCUT2D eigenvalue weighted by molar-refractivity contribution is 1.06. The molecule has 0 bridgehead atoms. The molecule has 0 amide bonds. The first-order chi connectivity index (χ1) is 13.3. The molecular weight excluding hydrogens is 328 g/mol. The predicted octanol–water partition coefficient (Wildman–Crippen LogP) is 6.15. The molecule has 0 spiro atoms. The summed E-state index contributed by atoms with van der Waals surface area (Å²) in [4.78, 5) is 8.70. The van der Waals surface area contributed by atoms with Gasteiger partial charge in [0.25, 0.3) is 0 Å². The van der Waals surface area contributed by atoms with Gasteiger partial charge in [0.05, 0.1) is 6.54 Å². The maximum atomic E-state index is 4.62. The standard InChI is InChI=1S/C25H20N2/c1-26-25(22-9-3-2-4-10-22)27-18-19-14-16-21(17-15-19)24-13-7-11-20-8-5-6-12-23(20)24/h2-17H,1,18H2. The minimum absolute atomic E-state index is 0.582. The molecule has 0 aliphatic rings. The van der Waals surface area contributed by atoms with Crippen molar-refractivity contribution in [2.24, 2.45) is 9.98 Å². The number of nitrogens with zero attached hydrogens (tertiary/aromatic N) is 2. The molecule has 0 aromatic heterocycles. The summed E-state index contributed by atoms with van der Waals surface area (Å²) in [5.74, 6) is 0.675. The third kappa shape index (κ3) is 3.70. The number of amidine groups is 1. The van der Waals surface area contributed by atoms with Crippen LogP contribution < -0.4 is 0 Å². The van der Waals surface area contributed by atoms with Crippen LogP contribution >= 0.6 is 0 Å². The van der Waals surface area contributed by atoms with Crippen molar-refractivity contribution in [1.29, 1.82) is 0 Å². The number of hydrogen-bond donors (Lipinski definition) is 0. The fourth-order valence-corrected chi connectivity index (χ4v) is 3.25. The molecule has 130 valence electrons. The van der Waals surface area contributed by atoms with Crippen molar-refractivity contribution in [2.45, 2.75) is 6.54 Å². The Kier molecular flexibility index (Phi) is 4.88. The van der Waals surface area contributed by atoms with Crippen LogP contribution in [0.4, 0.5) is 0 Å². The Bertz CT molecular complexity index is 1090. The third-order valence-corrected chi connectivity index (χ3v) is 4.65. The van der Waals surface area contributed by atoms with Crippen LogP contribution in [-0.2, 0) is 6.54 Å². The summed E-state index contributed by atoms with van der Waals surface area (Å²) < 4.78 is 0. The molecule has 4 rings (SSSR count). The minimum Gasteiger partial charge on any atom is -0.261 e. The monoisotopic (exact) mass is 348 g/mol. The molecule has 0 N–H and O–H groups in total. The van der Waals surface area contributed by atoms with Crippen molar-refractivity contribution in [3.05, 3.63) is 108 Å². The topological polar surface area (TPSA) is 24.7 Å². The smallest absolute Gasteiger partial charge is 0.154 e. The van der Waals surface area contributed by atoms with Gasteiger partial charge in [-0.25, -0.2) is 4.99 Å². The van der Waals surface area contributed by atoms with Crippen molar-refractivity contribution in [2.75, 3.05) is 0 Å². The summed E-state index contributed by atoms with van der Waals surface area (Å²) in [5, 5.41) is 2.53. The number of aliphatic imine (C=N–C) groups is 2. The second-order valence-corrected chi connectivity index (χ2v) is 6.39. The summed E-state index contributed by atoms with van der Waals surface area (Å²) in [6.07, 6.45) is 0. The first-order valence-electron chi connectivity index (χ1n) is 8.99. The van der Waals surface area contributed by atoms with Crippen molar-refractivity contribution in [1.82, 2.24) is 0 Å². The van der Waals surface area contributed by atoms with Gasteiger partial charge in [0.1, 0.15) is 0 Å². The molecule has 0 saturated heterocycles. The van der Waals surface area contributed by atoms with E-state index in [9.17, 15) is 0 Å². The highest BCUT2D eigenvalue weighted by Crippen LogP contribution is 2.28. The van der Waals surface area contributed by atoms with Gasteiger partial charge in [0.15, 0.2) is 5.84 Å². The summed E-state index contributed by atoms with van der Waals surface area (Å²) in [7, 11) is 0. The van der Waals surface area contributed by atoms with Gasteiger partial charge in [-0.05, 0) is 34.2 Å². The SMILES string of the molecule is C=NC(=NCc1ccc(-c2cccc3ccccc23)cc1)c1ccccc1. The average Bonchev–Trinajstić information content (AvgIpc) is 2.75. The maximum Gasteiger partial charge on any atom is 0.154 e. The summed E-state index contributed by atoms with van der Waals surface area (Å²) >= 11 is 0. The molecule has 0 unspecified atom stereocenters. The summed E-state index contributed by atoms with van der Waals surface area (Å²) in [6.45, 7) is 4.23. The number of rotatable bonds is 4. The van der Waals surface area contributed by atoms with Crippen LogP contribution in [0.1, 0.15) is 11.1 Å². The van der Waals surface area contributed by atoms with Gasteiger partial charge in [0, 0.05) is 5.56 Å². The van der Waals surface area contributed by atoms with E-state index in [-0.39, 0.29) is 0 Å². The van der Waals surface area contributed by atoms with Crippen molar-refractivity contribution in [3.63, 3.8) is 0 Å². The molecule has 0 radical (unpaired) electrons. The van der Waals surface area contributed by atoms with Gasteiger partial charge in [-0.3, -0.25) is 4.99 Å². The van der Waals surface area contributed by atoms with Crippen LogP contribution in [0.2, 0.25) is 0 Å². The van der Waals surface area contributed by atoms with E-state index in [1.54, 1.807) is 0 Å². The minimum atomic E-state index is 0.582. The van der Waals surface area contributed by atoms with E-state index in [0.29, 0.717) is 12.4 Å². The number of hydrogen-bond acceptors (Lipinski definition) is 1.